The first-order chi connectivity index (χ1) is 12.8. The van der Waals surface area contributed by atoms with Crippen LogP contribution in [0.1, 0.15) is 16.3 Å². The average Bonchev–Trinajstić information content (AvgIpc) is 3.17. The van der Waals surface area contributed by atoms with Crippen molar-refractivity contribution in [1.82, 2.24) is 0 Å². The molecule has 4 rings (SSSR count). The van der Waals surface area contributed by atoms with Gasteiger partial charge in [-0.2, -0.15) is 0 Å². The summed E-state index contributed by atoms with van der Waals surface area (Å²) in [5, 5.41) is 4.97. The van der Waals surface area contributed by atoms with Crippen LogP contribution in [0.4, 0.5) is 5.69 Å². The summed E-state index contributed by atoms with van der Waals surface area (Å²) >= 11 is 0. The van der Waals surface area contributed by atoms with E-state index in [2.05, 4.69) is 5.32 Å². The lowest BCUT2D eigenvalue weighted by atomic mass is 10.1. The zero-order valence-electron chi connectivity index (χ0n) is 14.0. The number of anilines is 1. The van der Waals surface area contributed by atoms with E-state index in [4.69, 9.17) is 9.15 Å². The van der Waals surface area contributed by atoms with E-state index in [0.717, 1.165) is 22.2 Å². The van der Waals surface area contributed by atoms with Crippen molar-refractivity contribution in [2.45, 2.75) is 6.61 Å². The van der Waals surface area contributed by atoms with Gasteiger partial charge in [0.25, 0.3) is 5.91 Å². The SMILES string of the molecule is O=C(Nc1cccc2ccccc12)c1ccc(COc2ccccc2)o1. The number of nitrogens with one attached hydrogen (secondary N) is 1. The Bertz CT molecular complexity index is 1030. The molecule has 1 amide bonds. The van der Waals surface area contributed by atoms with Crippen LogP contribution in [0.15, 0.2) is 89.3 Å². The highest BCUT2D eigenvalue weighted by Crippen LogP contribution is 2.24. The van der Waals surface area contributed by atoms with Crippen LogP contribution in [0.2, 0.25) is 0 Å². The van der Waals surface area contributed by atoms with Gasteiger partial charge in [-0.05, 0) is 35.7 Å². The lowest BCUT2D eigenvalue weighted by Gasteiger charge is -2.07. The molecule has 4 heteroatoms. The molecule has 1 N–H and O–H groups in total. The molecule has 0 saturated carbocycles. The fourth-order valence-corrected chi connectivity index (χ4v) is 2.77. The molecule has 0 unspecified atom stereocenters. The van der Waals surface area contributed by atoms with E-state index in [-0.39, 0.29) is 18.3 Å². The van der Waals surface area contributed by atoms with E-state index in [0.29, 0.717) is 5.76 Å². The van der Waals surface area contributed by atoms with Crippen molar-refractivity contribution in [3.8, 4) is 5.75 Å². The Morgan fingerprint density at radius 1 is 0.846 bits per heavy atom. The first-order valence-corrected chi connectivity index (χ1v) is 8.35. The van der Waals surface area contributed by atoms with Gasteiger partial charge in [-0.15, -0.1) is 0 Å². The largest absolute Gasteiger partial charge is 0.486 e. The number of ether oxygens (including phenoxy) is 1. The fraction of sp³-hybridized carbons (Fsp3) is 0.0455. The summed E-state index contributed by atoms with van der Waals surface area (Å²) < 4.78 is 11.2. The molecule has 1 aromatic heterocycles. The predicted molar refractivity (Wildman–Crippen MR) is 101 cm³/mol. The number of rotatable bonds is 5. The summed E-state index contributed by atoms with van der Waals surface area (Å²) in [6.07, 6.45) is 0. The molecule has 0 atom stereocenters. The van der Waals surface area contributed by atoms with E-state index < -0.39 is 0 Å². The van der Waals surface area contributed by atoms with Crippen LogP contribution in [-0.2, 0) is 6.61 Å². The molecule has 26 heavy (non-hydrogen) atoms. The van der Waals surface area contributed by atoms with Crippen molar-refractivity contribution < 1.29 is 13.9 Å². The first kappa shape index (κ1) is 16.0. The molecule has 0 aliphatic rings. The van der Waals surface area contributed by atoms with Crippen LogP contribution in [-0.4, -0.2) is 5.91 Å². The zero-order valence-corrected chi connectivity index (χ0v) is 14.0. The Morgan fingerprint density at radius 3 is 2.50 bits per heavy atom. The van der Waals surface area contributed by atoms with Crippen molar-refractivity contribution in [2.75, 3.05) is 5.32 Å². The van der Waals surface area contributed by atoms with Crippen molar-refractivity contribution in [2.24, 2.45) is 0 Å². The molecule has 0 aliphatic heterocycles. The molecule has 0 saturated heterocycles. The van der Waals surface area contributed by atoms with Gasteiger partial charge in [0, 0.05) is 11.1 Å². The number of benzene rings is 3. The minimum atomic E-state index is -0.285. The molecular weight excluding hydrogens is 326 g/mol. The van der Waals surface area contributed by atoms with E-state index in [1.54, 1.807) is 12.1 Å². The van der Waals surface area contributed by atoms with E-state index in [1.165, 1.54) is 0 Å². The molecule has 128 valence electrons. The van der Waals surface area contributed by atoms with Crippen molar-refractivity contribution in [3.05, 3.63) is 96.4 Å². The fourth-order valence-electron chi connectivity index (χ4n) is 2.77. The van der Waals surface area contributed by atoms with E-state index in [9.17, 15) is 4.79 Å². The number of para-hydroxylation sites is 1. The number of furan rings is 1. The number of fused-ring (bicyclic) bond motifs is 1. The molecular formula is C22H17NO3. The van der Waals surface area contributed by atoms with Gasteiger partial charge in [0.2, 0.25) is 0 Å². The zero-order chi connectivity index (χ0) is 17.8. The molecule has 4 nitrogen and oxygen atoms in total. The molecule has 4 aromatic rings. The minimum Gasteiger partial charge on any atom is -0.486 e. The van der Waals surface area contributed by atoms with Gasteiger partial charge >= 0.3 is 0 Å². The molecule has 0 fully saturated rings. The van der Waals surface area contributed by atoms with Gasteiger partial charge < -0.3 is 14.5 Å². The lowest BCUT2D eigenvalue weighted by Crippen LogP contribution is -2.11. The van der Waals surface area contributed by atoms with Crippen LogP contribution in [0, 0.1) is 0 Å². The number of hydrogen-bond acceptors (Lipinski definition) is 3. The molecule has 0 radical (unpaired) electrons. The summed E-state index contributed by atoms with van der Waals surface area (Å²) in [4.78, 5) is 12.5. The van der Waals surface area contributed by atoms with Crippen LogP contribution in [0.25, 0.3) is 10.8 Å². The van der Waals surface area contributed by atoms with Gasteiger partial charge in [-0.1, -0.05) is 54.6 Å². The maximum atomic E-state index is 12.5. The standard InChI is InChI=1S/C22H17NO3/c24-22(23-20-12-6-8-16-7-4-5-11-19(16)20)21-14-13-18(26-21)15-25-17-9-2-1-3-10-17/h1-14H,15H2,(H,23,24). The quantitative estimate of drug-likeness (QED) is 0.537. The first-order valence-electron chi connectivity index (χ1n) is 8.35. The molecule has 0 spiro atoms. The summed E-state index contributed by atoms with van der Waals surface area (Å²) in [5.41, 5.74) is 0.756. The Balaban J connectivity index is 1.46. The van der Waals surface area contributed by atoms with Gasteiger partial charge in [-0.25, -0.2) is 0 Å². The molecule has 0 aliphatic carbocycles. The summed E-state index contributed by atoms with van der Waals surface area (Å²) in [6, 6.07) is 26.6. The second kappa shape index (κ2) is 7.15. The topological polar surface area (TPSA) is 51.5 Å². The maximum Gasteiger partial charge on any atom is 0.291 e. The summed E-state index contributed by atoms with van der Waals surface area (Å²) in [5.74, 6) is 1.32. The van der Waals surface area contributed by atoms with Crippen molar-refractivity contribution in [1.29, 1.82) is 0 Å². The number of amides is 1. The van der Waals surface area contributed by atoms with Crippen LogP contribution < -0.4 is 10.1 Å². The lowest BCUT2D eigenvalue weighted by molar-refractivity contribution is 0.0993. The predicted octanol–water partition coefficient (Wildman–Crippen LogP) is 5.26. The Kier molecular flexibility index (Phi) is 4.39. The average molecular weight is 343 g/mol. The maximum absolute atomic E-state index is 12.5. The molecule has 1 heterocycles. The Labute approximate surface area is 151 Å². The highest BCUT2D eigenvalue weighted by Gasteiger charge is 2.13. The van der Waals surface area contributed by atoms with E-state index in [1.807, 2.05) is 72.8 Å². The normalized spacial score (nSPS) is 10.6. The van der Waals surface area contributed by atoms with E-state index >= 15 is 0 Å². The van der Waals surface area contributed by atoms with Gasteiger partial charge in [-0.3, -0.25) is 4.79 Å². The number of carbonyl (C=O) groups excluding carboxylic acids is 1. The third-order valence-electron chi connectivity index (χ3n) is 4.05. The highest BCUT2D eigenvalue weighted by atomic mass is 16.5. The van der Waals surface area contributed by atoms with Crippen LogP contribution in [0.5, 0.6) is 5.75 Å². The van der Waals surface area contributed by atoms with Gasteiger partial charge in [0.1, 0.15) is 18.1 Å². The smallest absolute Gasteiger partial charge is 0.291 e. The van der Waals surface area contributed by atoms with Crippen molar-refractivity contribution in [3.63, 3.8) is 0 Å². The van der Waals surface area contributed by atoms with Gasteiger partial charge in [0.15, 0.2) is 5.76 Å². The number of hydrogen-bond donors (Lipinski definition) is 1. The Morgan fingerprint density at radius 2 is 1.62 bits per heavy atom. The Hall–Kier alpha value is -3.53. The monoisotopic (exact) mass is 343 g/mol. The third kappa shape index (κ3) is 3.44. The van der Waals surface area contributed by atoms with Crippen LogP contribution in [0.3, 0.4) is 0 Å². The summed E-state index contributed by atoms with van der Waals surface area (Å²) in [7, 11) is 0. The molecule has 3 aromatic carbocycles. The second-order valence-electron chi connectivity index (χ2n) is 5.85. The third-order valence-corrected chi connectivity index (χ3v) is 4.05. The number of carbonyl (C=O) groups is 1. The van der Waals surface area contributed by atoms with Crippen molar-refractivity contribution >= 4 is 22.4 Å². The molecule has 0 bridgehead atoms. The van der Waals surface area contributed by atoms with Gasteiger partial charge in [0.05, 0.1) is 0 Å². The highest BCUT2D eigenvalue weighted by molar-refractivity contribution is 6.07. The minimum absolute atomic E-state index is 0.254. The second-order valence-corrected chi connectivity index (χ2v) is 5.85. The van der Waals surface area contributed by atoms with Crippen LogP contribution >= 0.6 is 0 Å². The summed E-state index contributed by atoms with van der Waals surface area (Å²) in [6.45, 7) is 0.269.